The molecule has 3 aromatic rings. The Morgan fingerprint density at radius 3 is 3.04 bits per heavy atom. The fourth-order valence-corrected chi connectivity index (χ4v) is 3.15. The summed E-state index contributed by atoms with van der Waals surface area (Å²) >= 11 is 0. The van der Waals surface area contributed by atoms with E-state index >= 15 is 0 Å². The van der Waals surface area contributed by atoms with E-state index in [4.69, 9.17) is 4.42 Å². The maximum atomic E-state index is 12.4. The molecule has 0 bridgehead atoms. The SMILES string of the molecule is O=C(NCCc1ccco1)[C@H]1CC(=O)N(c2n[nH]c3ccccc23)C1. The highest BCUT2D eigenvalue weighted by atomic mass is 16.3. The predicted octanol–water partition coefficient (Wildman–Crippen LogP) is 1.87. The van der Waals surface area contributed by atoms with Crippen LogP contribution in [0.25, 0.3) is 10.9 Å². The fraction of sp³-hybridized carbons (Fsp3) is 0.278. The summed E-state index contributed by atoms with van der Waals surface area (Å²) in [5, 5.41) is 10.9. The van der Waals surface area contributed by atoms with Crippen LogP contribution >= 0.6 is 0 Å². The van der Waals surface area contributed by atoms with E-state index in [2.05, 4.69) is 15.5 Å². The molecule has 1 aromatic carbocycles. The number of furan rings is 1. The van der Waals surface area contributed by atoms with Gasteiger partial charge in [0.25, 0.3) is 0 Å². The first-order valence-corrected chi connectivity index (χ1v) is 8.26. The van der Waals surface area contributed by atoms with Gasteiger partial charge in [-0.15, -0.1) is 0 Å². The first-order chi connectivity index (χ1) is 12.2. The van der Waals surface area contributed by atoms with Gasteiger partial charge in [-0.05, 0) is 24.3 Å². The Bertz CT molecular complexity index is 900. The van der Waals surface area contributed by atoms with Gasteiger partial charge in [-0.3, -0.25) is 19.6 Å². The number of rotatable bonds is 5. The Morgan fingerprint density at radius 1 is 1.32 bits per heavy atom. The van der Waals surface area contributed by atoms with E-state index in [0.29, 0.717) is 25.3 Å². The number of hydrogen-bond acceptors (Lipinski definition) is 4. The number of para-hydroxylation sites is 1. The van der Waals surface area contributed by atoms with Crippen molar-refractivity contribution in [1.82, 2.24) is 15.5 Å². The number of benzene rings is 1. The molecule has 1 aliphatic heterocycles. The highest BCUT2D eigenvalue weighted by Gasteiger charge is 2.36. The number of carbonyl (C=O) groups is 2. The molecular formula is C18H18N4O3. The molecule has 7 heteroatoms. The van der Waals surface area contributed by atoms with Crippen molar-refractivity contribution in [2.45, 2.75) is 12.8 Å². The van der Waals surface area contributed by atoms with Crippen molar-refractivity contribution >= 4 is 28.5 Å². The van der Waals surface area contributed by atoms with Gasteiger partial charge in [0.1, 0.15) is 5.76 Å². The maximum Gasteiger partial charge on any atom is 0.229 e. The highest BCUT2D eigenvalue weighted by Crippen LogP contribution is 2.29. The van der Waals surface area contributed by atoms with Crippen molar-refractivity contribution in [2.24, 2.45) is 5.92 Å². The van der Waals surface area contributed by atoms with Crippen molar-refractivity contribution in [3.8, 4) is 0 Å². The van der Waals surface area contributed by atoms with Crippen LogP contribution < -0.4 is 10.2 Å². The number of nitrogens with zero attached hydrogens (tertiary/aromatic N) is 2. The van der Waals surface area contributed by atoms with Crippen molar-refractivity contribution in [1.29, 1.82) is 0 Å². The predicted molar refractivity (Wildman–Crippen MR) is 92.0 cm³/mol. The quantitative estimate of drug-likeness (QED) is 0.743. The molecule has 0 aliphatic carbocycles. The molecule has 4 rings (SSSR count). The van der Waals surface area contributed by atoms with Crippen LogP contribution in [0.15, 0.2) is 47.1 Å². The average molecular weight is 338 g/mol. The molecular weight excluding hydrogens is 320 g/mol. The molecule has 0 unspecified atom stereocenters. The summed E-state index contributed by atoms with van der Waals surface area (Å²) in [5.41, 5.74) is 0.872. The van der Waals surface area contributed by atoms with Crippen LogP contribution in [0.4, 0.5) is 5.82 Å². The van der Waals surface area contributed by atoms with Gasteiger partial charge in [-0.1, -0.05) is 12.1 Å². The van der Waals surface area contributed by atoms with Crippen LogP contribution in [0.3, 0.4) is 0 Å². The highest BCUT2D eigenvalue weighted by molar-refractivity contribution is 6.05. The molecule has 128 valence electrons. The minimum Gasteiger partial charge on any atom is -0.469 e. The van der Waals surface area contributed by atoms with Crippen LogP contribution in [0.5, 0.6) is 0 Å². The zero-order valence-corrected chi connectivity index (χ0v) is 13.6. The molecule has 2 amide bonds. The first-order valence-electron chi connectivity index (χ1n) is 8.26. The molecule has 0 saturated carbocycles. The van der Waals surface area contributed by atoms with Crippen LogP contribution in [0, 0.1) is 5.92 Å². The van der Waals surface area contributed by atoms with Gasteiger partial charge in [-0.25, -0.2) is 0 Å². The van der Waals surface area contributed by atoms with Crippen molar-refractivity contribution in [2.75, 3.05) is 18.0 Å². The molecule has 1 saturated heterocycles. The zero-order chi connectivity index (χ0) is 17.2. The summed E-state index contributed by atoms with van der Waals surface area (Å²) in [7, 11) is 0. The van der Waals surface area contributed by atoms with Gasteiger partial charge >= 0.3 is 0 Å². The fourth-order valence-electron chi connectivity index (χ4n) is 3.15. The number of hydrogen-bond donors (Lipinski definition) is 2. The van der Waals surface area contributed by atoms with E-state index in [-0.39, 0.29) is 24.2 Å². The van der Waals surface area contributed by atoms with E-state index in [1.54, 1.807) is 11.2 Å². The molecule has 1 aliphatic rings. The second-order valence-electron chi connectivity index (χ2n) is 6.12. The van der Waals surface area contributed by atoms with Crippen molar-refractivity contribution in [3.05, 3.63) is 48.4 Å². The second kappa shape index (κ2) is 6.43. The number of nitrogens with one attached hydrogen (secondary N) is 2. The van der Waals surface area contributed by atoms with Crippen molar-refractivity contribution in [3.63, 3.8) is 0 Å². The molecule has 0 radical (unpaired) electrons. The van der Waals surface area contributed by atoms with E-state index in [9.17, 15) is 9.59 Å². The summed E-state index contributed by atoms with van der Waals surface area (Å²) in [6.45, 7) is 0.836. The average Bonchev–Trinajstić information content (AvgIpc) is 3.34. The third kappa shape index (κ3) is 3.00. The van der Waals surface area contributed by atoms with Gasteiger partial charge in [0.2, 0.25) is 11.8 Å². The summed E-state index contributed by atoms with van der Waals surface area (Å²) < 4.78 is 5.24. The minimum absolute atomic E-state index is 0.0802. The van der Waals surface area contributed by atoms with Crippen LogP contribution in [0.2, 0.25) is 0 Å². The van der Waals surface area contributed by atoms with Crippen molar-refractivity contribution < 1.29 is 14.0 Å². The number of amides is 2. The monoisotopic (exact) mass is 338 g/mol. The Labute approximate surface area is 144 Å². The molecule has 2 aromatic heterocycles. The standard InChI is InChI=1S/C18H18N4O3/c23-16-10-12(18(24)19-8-7-13-4-3-9-25-13)11-22(16)17-14-5-1-2-6-15(14)20-21-17/h1-6,9,12H,7-8,10-11H2,(H,19,24)(H,20,21)/t12-/m0/s1. The lowest BCUT2D eigenvalue weighted by atomic mass is 10.1. The first kappa shape index (κ1) is 15.4. The minimum atomic E-state index is -0.362. The summed E-state index contributed by atoms with van der Waals surface area (Å²) in [6, 6.07) is 11.3. The third-order valence-corrected chi connectivity index (χ3v) is 4.45. The number of anilines is 1. The smallest absolute Gasteiger partial charge is 0.229 e. The number of fused-ring (bicyclic) bond motifs is 1. The lowest BCUT2D eigenvalue weighted by Gasteiger charge is -2.14. The lowest BCUT2D eigenvalue weighted by Crippen LogP contribution is -2.34. The number of aromatic amines is 1. The summed E-state index contributed by atoms with van der Waals surface area (Å²) in [6.07, 6.45) is 2.44. The molecule has 1 atom stereocenters. The third-order valence-electron chi connectivity index (χ3n) is 4.45. The molecule has 2 N–H and O–H groups in total. The number of carbonyl (C=O) groups excluding carboxylic acids is 2. The number of H-pyrrole nitrogens is 1. The normalized spacial score (nSPS) is 17.4. The van der Waals surface area contributed by atoms with E-state index < -0.39 is 0 Å². The Hall–Kier alpha value is -3.09. The molecule has 25 heavy (non-hydrogen) atoms. The lowest BCUT2D eigenvalue weighted by molar-refractivity contribution is -0.126. The summed E-state index contributed by atoms with van der Waals surface area (Å²) in [4.78, 5) is 26.3. The van der Waals surface area contributed by atoms with Gasteiger partial charge in [0, 0.05) is 31.3 Å². The Kier molecular flexibility index (Phi) is 3.97. The largest absolute Gasteiger partial charge is 0.469 e. The Balaban J connectivity index is 1.40. The van der Waals surface area contributed by atoms with Crippen LogP contribution in [-0.4, -0.2) is 35.1 Å². The van der Waals surface area contributed by atoms with Gasteiger partial charge < -0.3 is 9.73 Å². The van der Waals surface area contributed by atoms with Gasteiger partial charge in [-0.2, -0.15) is 5.10 Å². The molecule has 3 heterocycles. The Morgan fingerprint density at radius 2 is 2.20 bits per heavy atom. The second-order valence-corrected chi connectivity index (χ2v) is 6.12. The zero-order valence-electron chi connectivity index (χ0n) is 13.6. The molecule has 7 nitrogen and oxygen atoms in total. The van der Waals surface area contributed by atoms with E-state index in [1.165, 1.54) is 0 Å². The van der Waals surface area contributed by atoms with Crippen LogP contribution in [-0.2, 0) is 16.0 Å². The van der Waals surface area contributed by atoms with Gasteiger partial charge in [0.05, 0.1) is 17.7 Å². The maximum absolute atomic E-state index is 12.4. The van der Waals surface area contributed by atoms with E-state index in [0.717, 1.165) is 16.7 Å². The topological polar surface area (TPSA) is 91.2 Å². The van der Waals surface area contributed by atoms with E-state index in [1.807, 2.05) is 36.4 Å². The van der Waals surface area contributed by atoms with Crippen LogP contribution in [0.1, 0.15) is 12.2 Å². The van der Waals surface area contributed by atoms with Gasteiger partial charge in [0.15, 0.2) is 5.82 Å². The number of aromatic nitrogens is 2. The molecule has 0 spiro atoms. The summed E-state index contributed by atoms with van der Waals surface area (Å²) in [5.74, 6) is 0.865. The molecule has 1 fully saturated rings.